The third-order valence-electron chi connectivity index (χ3n) is 5.25. The molecular weight excluding hydrogens is 396 g/mol. The van der Waals surface area contributed by atoms with Crippen LogP contribution >= 0.6 is 0 Å². The van der Waals surface area contributed by atoms with Crippen LogP contribution in [-0.4, -0.2) is 54.5 Å². The third-order valence-corrected chi connectivity index (χ3v) is 5.25. The van der Waals surface area contributed by atoms with Crippen LogP contribution in [0.15, 0.2) is 33.8 Å². The van der Waals surface area contributed by atoms with Gasteiger partial charge in [0.15, 0.2) is 5.96 Å². The molecule has 0 radical (unpaired) electrons. The van der Waals surface area contributed by atoms with Gasteiger partial charge in [-0.3, -0.25) is 14.6 Å². The lowest BCUT2D eigenvalue weighted by Gasteiger charge is -2.26. The SMILES string of the molecule is CCc1noc(CC)c1CNC(=NC)NCc1ccc(C(=O)N2CCNC(=O)C2)cc1. The molecule has 0 spiro atoms. The van der Waals surface area contributed by atoms with Gasteiger partial charge in [-0.15, -0.1) is 0 Å². The van der Waals surface area contributed by atoms with Crippen molar-refractivity contribution in [3.05, 3.63) is 52.4 Å². The number of guanidine groups is 1. The summed E-state index contributed by atoms with van der Waals surface area (Å²) in [4.78, 5) is 29.9. The smallest absolute Gasteiger partial charge is 0.254 e. The first kappa shape index (κ1) is 22.3. The number of benzene rings is 1. The van der Waals surface area contributed by atoms with Gasteiger partial charge in [-0.25, -0.2) is 0 Å². The zero-order valence-electron chi connectivity index (χ0n) is 18.3. The van der Waals surface area contributed by atoms with Crippen LogP contribution in [0.5, 0.6) is 0 Å². The lowest BCUT2D eigenvalue weighted by atomic mass is 10.1. The number of aliphatic imine (C=N–C) groups is 1. The summed E-state index contributed by atoms with van der Waals surface area (Å²) in [6.45, 7) is 6.38. The lowest BCUT2D eigenvalue weighted by Crippen LogP contribution is -2.49. The second-order valence-electron chi connectivity index (χ2n) is 7.29. The van der Waals surface area contributed by atoms with E-state index >= 15 is 0 Å². The van der Waals surface area contributed by atoms with E-state index < -0.39 is 0 Å². The Kier molecular flexibility index (Phi) is 7.64. The molecule has 1 aromatic heterocycles. The number of amides is 2. The molecule has 2 amide bonds. The summed E-state index contributed by atoms with van der Waals surface area (Å²) in [6.07, 6.45) is 1.61. The first-order valence-electron chi connectivity index (χ1n) is 10.6. The summed E-state index contributed by atoms with van der Waals surface area (Å²) >= 11 is 0. The standard InChI is InChI=1S/C22H30N6O3/c1-4-18-17(19(5-2)31-27-18)13-26-22(23-3)25-12-15-6-8-16(9-7-15)21(30)28-11-10-24-20(29)14-28/h6-9H,4-5,10-14H2,1-3H3,(H,24,29)(H2,23,25,26). The number of hydrogen-bond donors (Lipinski definition) is 3. The minimum atomic E-state index is -0.126. The summed E-state index contributed by atoms with van der Waals surface area (Å²) in [5.74, 6) is 1.32. The molecule has 0 aliphatic carbocycles. The summed E-state index contributed by atoms with van der Waals surface area (Å²) in [5, 5.41) is 13.4. The van der Waals surface area contributed by atoms with Gasteiger partial charge in [-0.05, 0) is 24.1 Å². The Labute approximate surface area is 182 Å². The molecule has 166 valence electrons. The quantitative estimate of drug-likeness (QED) is 0.454. The zero-order chi connectivity index (χ0) is 22.2. The largest absolute Gasteiger partial charge is 0.361 e. The fourth-order valence-electron chi connectivity index (χ4n) is 3.48. The van der Waals surface area contributed by atoms with Crippen molar-refractivity contribution in [2.45, 2.75) is 39.8 Å². The number of carbonyl (C=O) groups is 2. The average molecular weight is 427 g/mol. The average Bonchev–Trinajstić information content (AvgIpc) is 3.21. The summed E-state index contributed by atoms with van der Waals surface area (Å²) in [5.41, 5.74) is 3.64. The second-order valence-corrected chi connectivity index (χ2v) is 7.29. The van der Waals surface area contributed by atoms with Crippen LogP contribution in [0, 0.1) is 0 Å². The van der Waals surface area contributed by atoms with Gasteiger partial charge in [0, 0.05) is 50.8 Å². The molecule has 9 heteroatoms. The maximum absolute atomic E-state index is 12.6. The molecule has 9 nitrogen and oxygen atoms in total. The molecule has 1 saturated heterocycles. The molecule has 3 N–H and O–H groups in total. The number of piperazine rings is 1. The van der Waals surface area contributed by atoms with Crippen molar-refractivity contribution in [3.8, 4) is 0 Å². The van der Waals surface area contributed by atoms with E-state index in [4.69, 9.17) is 4.52 Å². The number of nitrogens with one attached hydrogen (secondary N) is 3. The van der Waals surface area contributed by atoms with Gasteiger partial charge in [-0.1, -0.05) is 31.1 Å². The van der Waals surface area contributed by atoms with Gasteiger partial charge >= 0.3 is 0 Å². The van der Waals surface area contributed by atoms with Crippen LogP contribution in [-0.2, 0) is 30.7 Å². The Bertz CT molecular complexity index is 914. The van der Waals surface area contributed by atoms with E-state index in [0.29, 0.717) is 37.7 Å². The van der Waals surface area contributed by atoms with E-state index in [1.807, 2.05) is 19.1 Å². The van der Waals surface area contributed by atoms with Crippen LogP contribution in [0.3, 0.4) is 0 Å². The molecule has 1 aromatic carbocycles. The molecule has 1 fully saturated rings. The highest BCUT2D eigenvalue weighted by molar-refractivity contribution is 5.97. The van der Waals surface area contributed by atoms with E-state index in [2.05, 4.69) is 33.0 Å². The fraction of sp³-hybridized carbons (Fsp3) is 0.455. The van der Waals surface area contributed by atoms with Crippen molar-refractivity contribution in [2.75, 3.05) is 26.7 Å². The van der Waals surface area contributed by atoms with E-state index in [-0.39, 0.29) is 18.4 Å². The highest BCUT2D eigenvalue weighted by atomic mass is 16.5. The Hall–Kier alpha value is -3.36. The first-order chi connectivity index (χ1) is 15.0. The zero-order valence-corrected chi connectivity index (χ0v) is 18.3. The minimum absolute atomic E-state index is 0.107. The van der Waals surface area contributed by atoms with Crippen molar-refractivity contribution in [1.29, 1.82) is 0 Å². The molecule has 2 aromatic rings. The molecule has 1 aliphatic heterocycles. The Morgan fingerprint density at radius 3 is 2.58 bits per heavy atom. The van der Waals surface area contributed by atoms with Crippen LogP contribution in [0.25, 0.3) is 0 Å². The molecular formula is C22H30N6O3. The molecule has 0 atom stereocenters. The third kappa shape index (κ3) is 5.62. The molecule has 3 rings (SSSR count). The van der Waals surface area contributed by atoms with Crippen molar-refractivity contribution in [1.82, 2.24) is 26.0 Å². The monoisotopic (exact) mass is 426 g/mol. The van der Waals surface area contributed by atoms with Crippen LogP contribution in [0.4, 0.5) is 0 Å². The van der Waals surface area contributed by atoms with E-state index in [1.54, 1.807) is 24.1 Å². The number of aryl methyl sites for hydroxylation is 2. The predicted octanol–water partition coefficient (Wildman–Crippen LogP) is 1.24. The van der Waals surface area contributed by atoms with Gasteiger partial charge < -0.3 is 25.4 Å². The maximum Gasteiger partial charge on any atom is 0.254 e. The molecule has 0 bridgehead atoms. The van der Waals surface area contributed by atoms with Gasteiger partial charge in [0.1, 0.15) is 5.76 Å². The van der Waals surface area contributed by atoms with Gasteiger partial charge in [-0.2, -0.15) is 0 Å². The van der Waals surface area contributed by atoms with Crippen LogP contribution in [0.1, 0.15) is 46.8 Å². The number of rotatable bonds is 7. The highest BCUT2D eigenvalue weighted by Crippen LogP contribution is 2.15. The van der Waals surface area contributed by atoms with Crippen molar-refractivity contribution in [2.24, 2.45) is 4.99 Å². The minimum Gasteiger partial charge on any atom is -0.361 e. The highest BCUT2D eigenvalue weighted by Gasteiger charge is 2.22. The maximum atomic E-state index is 12.6. The van der Waals surface area contributed by atoms with Crippen LogP contribution in [0.2, 0.25) is 0 Å². The van der Waals surface area contributed by atoms with E-state index in [9.17, 15) is 9.59 Å². The van der Waals surface area contributed by atoms with Crippen molar-refractivity contribution < 1.29 is 14.1 Å². The Morgan fingerprint density at radius 1 is 1.19 bits per heavy atom. The molecule has 0 unspecified atom stereocenters. The van der Waals surface area contributed by atoms with Crippen LogP contribution < -0.4 is 16.0 Å². The van der Waals surface area contributed by atoms with Gasteiger partial charge in [0.05, 0.1) is 12.2 Å². The summed E-state index contributed by atoms with van der Waals surface area (Å²) < 4.78 is 5.41. The number of aromatic nitrogens is 1. The number of nitrogens with zero attached hydrogens (tertiary/aromatic N) is 3. The summed E-state index contributed by atoms with van der Waals surface area (Å²) in [7, 11) is 1.72. The number of hydrogen-bond acceptors (Lipinski definition) is 5. The van der Waals surface area contributed by atoms with Gasteiger partial charge in [0.25, 0.3) is 5.91 Å². The molecule has 1 aliphatic rings. The van der Waals surface area contributed by atoms with Crippen molar-refractivity contribution >= 4 is 17.8 Å². The number of carbonyl (C=O) groups excluding carboxylic acids is 2. The van der Waals surface area contributed by atoms with E-state index in [1.165, 1.54) is 0 Å². The second kappa shape index (κ2) is 10.6. The van der Waals surface area contributed by atoms with Crippen molar-refractivity contribution in [3.63, 3.8) is 0 Å². The molecule has 0 saturated carbocycles. The normalized spacial score (nSPS) is 14.4. The Balaban J connectivity index is 1.53. The predicted molar refractivity (Wildman–Crippen MR) is 118 cm³/mol. The molecule has 31 heavy (non-hydrogen) atoms. The first-order valence-corrected chi connectivity index (χ1v) is 10.6. The topological polar surface area (TPSA) is 112 Å². The molecule has 2 heterocycles. The lowest BCUT2D eigenvalue weighted by molar-refractivity contribution is -0.123. The van der Waals surface area contributed by atoms with E-state index in [0.717, 1.165) is 35.4 Å². The fourth-order valence-corrected chi connectivity index (χ4v) is 3.48. The summed E-state index contributed by atoms with van der Waals surface area (Å²) in [6, 6.07) is 7.39. The van der Waals surface area contributed by atoms with Gasteiger partial charge in [0.2, 0.25) is 5.91 Å². The Morgan fingerprint density at radius 2 is 1.94 bits per heavy atom.